The Morgan fingerprint density at radius 3 is 2.79 bits per heavy atom. The van der Waals surface area contributed by atoms with Gasteiger partial charge in [-0.1, -0.05) is 0 Å². The summed E-state index contributed by atoms with van der Waals surface area (Å²) in [4.78, 5) is 0. The predicted octanol–water partition coefficient (Wildman–Crippen LogP) is 1.69. The summed E-state index contributed by atoms with van der Waals surface area (Å²) in [5.41, 5.74) is 1.94. The fourth-order valence-corrected chi connectivity index (χ4v) is 1.81. The Morgan fingerprint density at radius 2 is 2.16 bits per heavy atom. The van der Waals surface area contributed by atoms with E-state index in [9.17, 15) is 0 Å². The van der Waals surface area contributed by atoms with Gasteiger partial charge in [0.05, 0.1) is 6.20 Å². The fraction of sp³-hybridized carbons (Fsp3) is 0.462. The van der Waals surface area contributed by atoms with Crippen LogP contribution in [-0.4, -0.2) is 37.3 Å². The molecule has 0 amide bonds. The van der Waals surface area contributed by atoms with Gasteiger partial charge in [0.25, 0.3) is 0 Å². The zero-order chi connectivity index (χ0) is 13.7. The van der Waals surface area contributed by atoms with Crippen molar-refractivity contribution in [2.24, 2.45) is 0 Å². The van der Waals surface area contributed by atoms with Crippen LogP contribution in [0, 0.1) is 6.92 Å². The molecule has 0 aliphatic heterocycles. The molecule has 6 heteroatoms. The second-order valence-electron chi connectivity index (χ2n) is 4.21. The second-order valence-corrected chi connectivity index (χ2v) is 4.21. The topological polar surface area (TPSA) is 72.3 Å². The van der Waals surface area contributed by atoms with Crippen LogP contribution in [0.4, 0.5) is 0 Å². The van der Waals surface area contributed by atoms with Crippen LogP contribution < -0.4 is 5.32 Å². The quantitative estimate of drug-likeness (QED) is 0.745. The zero-order valence-electron chi connectivity index (χ0n) is 11.4. The largest absolute Gasteiger partial charge is 0.460 e. The average Bonchev–Trinajstić information content (AvgIpc) is 3.03. The van der Waals surface area contributed by atoms with Crippen LogP contribution in [0.25, 0.3) is 11.5 Å². The van der Waals surface area contributed by atoms with Crippen molar-refractivity contribution in [3.05, 3.63) is 29.7 Å². The molecular weight excluding hydrogens is 246 g/mol. The van der Waals surface area contributed by atoms with E-state index in [1.165, 1.54) is 0 Å². The van der Waals surface area contributed by atoms with Gasteiger partial charge in [-0.2, -0.15) is 5.10 Å². The molecule has 0 atom stereocenters. The molecule has 0 spiro atoms. The van der Waals surface area contributed by atoms with Crippen molar-refractivity contribution in [3.8, 4) is 11.5 Å². The Balaban J connectivity index is 1.97. The number of aromatic amines is 1. The normalized spacial score (nSPS) is 11.4. The number of nitrogens with one attached hydrogen (secondary N) is 2. The SMILES string of the molecule is COC(CNCc1cn[nH]c1-c1ccc(C)o1)OC. The molecule has 2 heterocycles. The molecular formula is C13H19N3O3. The van der Waals surface area contributed by atoms with E-state index in [-0.39, 0.29) is 6.29 Å². The molecule has 2 aromatic heterocycles. The molecule has 0 fully saturated rings. The van der Waals surface area contributed by atoms with Gasteiger partial charge in [0.1, 0.15) is 11.5 Å². The zero-order valence-corrected chi connectivity index (χ0v) is 11.4. The number of furan rings is 1. The average molecular weight is 265 g/mol. The fourth-order valence-electron chi connectivity index (χ4n) is 1.81. The first-order valence-electron chi connectivity index (χ1n) is 6.10. The summed E-state index contributed by atoms with van der Waals surface area (Å²) < 4.78 is 15.8. The second kappa shape index (κ2) is 6.51. The number of hydrogen-bond acceptors (Lipinski definition) is 5. The Kier molecular flexibility index (Phi) is 4.73. The van der Waals surface area contributed by atoms with Gasteiger partial charge in [0.15, 0.2) is 12.1 Å². The standard InChI is InChI=1S/C13H19N3O3/c1-9-4-5-11(19-9)13-10(7-15-16-13)6-14-8-12(17-2)18-3/h4-5,7,12,14H,6,8H2,1-3H3,(H,15,16). The third-order valence-electron chi connectivity index (χ3n) is 2.86. The molecule has 2 N–H and O–H groups in total. The van der Waals surface area contributed by atoms with Crippen molar-refractivity contribution < 1.29 is 13.9 Å². The van der Waals surface area contributed by atoms with E-state index >= 15 is 0 Å². The van der Waals surface area contributed by atoms with Crippen LogP contribution in [0.5, 0.6) is 0 Å². The molecule has 0 unspecified atom stereocenters. The Bertz CT molecular complexity index is 503. The number of rotatable bonds is 7. The maximum atomic E-state index is 5.59. The molecule has 2 rings (SSSR count). The van der Waals surface area contributed by atoms with E-state index in [1.807, 2.05) is 19.1 Å². The third kappa shape index (κ3) is 3.44. The minimum Gasteiger partial charge on any atom is -0.460 e. The number of ether oxygens (including phenoxy) is 2. The van der Waals surface area contributed by atoms with Gasteiger partial charge in [-0.3, -0.25) is 5.10 Å². The highest BCUT2D eigenvalue weighted by Crippen LogP contribution is 2.23. The lowest BCUT2D eigenvalue weighted by Gasteiger charge is -2.13. The van der Waals surface area contributed by atoms with Crippen molar-refractivity contribution in [2.75, 3.05) is 20.8 Å². The molecule has 0 aliphatic carbocycles. The lowest BCUT2D eigenvalue weighted by molar-refractivity contribution is -0.0989. The smallest absolute Gasteiger partial charge is 0.169 e. The monoisotopic (exact) mass is 265 g/mol. The Labute approximate surface area is 112 Å². The van der Waals surface area contributed by atoms with E-state index in [0.717, 1.165) is 22.8 Å². The van der Waals surface area contributed by atoms with Crippen LogP contribution in [0.2, 0.25) is 0 Å². The van der Waals surface area contributed by atoms with Gasteiger partial charge in [0.2, 0.25) is 0 Å². The first-order chi connectivity index (χ1) is 9.24. The lowest BCUT2D eigenvalue weighted by Crippen LogP contribution is -2.29. The van der Waals surface area contributed by atoms with Gasteiger partial charge >= 0.3 is 0 Å². The highest BCUT2D eigenvalue weighted by molar-refractivity contribution is 5.56. The molecule has 2 aromatic rings. The molecule has 0 saturated heterocycles. The summed E-state index contributed by atoms with van der Waals surface area (Å²) in [6.07, 6.45) is 1.54. The lowest BCUT2D eigenvalue weighted by atomic mass is 10.2. The van der Waals surface area contributed by atoms with Crippen molar-refractivity contribution in [1.82, 2.24) is 15.5 Å². The molecule has 104 valence electrons. The first kappa shape index (κ1) is 13.8. The number of nitrogens with zero attached hydrogens (tertiary/aromatic N) is 1. The van der Waals surface area contributed by atoms with Crippen LogP contribution in [0.3, 0.4) is 0 Å². The summed E-state index contributed by atoms with van der Waals surface area (Å²) in [5, 5.41) is 10.3. The highest BCUT2D eigenvalue weighted by Gasteiger charge is 2.11. The van der Waals surface area contributed by atoms with E-state index < -0.39 is 0 Å². The number of H-pyrrole nitrogens is 1. The van der Waals surface area contributed by atoms with Crippen LogP contribution in [0.15, 0.2) is 22.7 Å². The Morgan fingerprint density at radius 1 is 1.37 bits per heavy atom. The highest BCUT2D eigenvalue weighted by atomic mass is 16.7. The summed E-state index contributed by atoms with van der Waals surface area (Å²) in [6.45, 7) is 3.18. The number of hydrogen-bond donors (Lipinski definition) is 2. The molecule has 0 radical (unpaired) electrons. The maximum Gasteiger partial charge on any atom is 0.169 e. The van der Waals surface area contributed by atoms with Gasteiger partial charge < -0.3 is 19.2 Å². The molecule has 0 aliphatic rings. The maximum absolute atomic E-state index is 5.59. The van der Waals surface area contributed by atoms with Gasteiger partial charge in [0, 0.05) is 32.9 Å². The van der Waals surface area contributed by atoms with Gasteiger partial charge in [-0.25, -0.2) is 0 Å². The molecule has 0 bridgehead atoms. The molecule has 19 heavy (non-hydrogen) atoms. The van der Waals surface area contributed by atoms with Crippen molar-refractivity contribution in [1.29, 1.82) is 0 Å². The van der Waals surface area contributed by atoms with Gasteiger partial charge in [-0.05, 0) is 19.1 Å². The molecule has 0 aromatic carbocycles. The molecule has 0 saturated carbocycles. The molecule has 6 nitrogen and oxygen atoms in total. The summed E-state index contributed by atoms with van der Waals surface area (Å²) in [6, 6.07) is 3.86. The van der Waals surface area contributed by atoms with Crippen LogP contribution in [0.1, 0.15) is 11.3 Å². The van der Waals surface area contributed by atoms with E-state index in [0.29, 0.717) is 13.1 Å². The minimum atomic E-state index is -0.249. The number of methoxy groups -OCH3 is 2. The summed E-state index contributed by atoms with van der Waals surface area (Å²) in [7, 11) is 3.23. The third-order valence-corrected chi connectivity index (χ3v) is 2.86. The van der Waals surface area contributed by atoms with Crippen molar-refractivity contribution in [2.45, 2.75) is 19.8 Å². The van der Waals surface area contributed by atoms with E-state index in [1.54, 1.807) is 20.4 Å². The van der Waals surface area contributed by atoms with Gasteiger partial charge in [-0.15, -0.1) is 0 Å². The van der Waals surface area contributed by atoms with E-state index in [2.05, 4.69) is 15.5 Å². The van der Waals surface area contributed by atoms with Crippen LogP contribution >= 0.6 is 0 Å². The van der Waals surface area contributed by atoms with E-state index in [4.69, 9.17) is 13.9 Å². The summed E-state index contributed by atoms with van der Waals surface area (Å²) in [5.74, 6) is 1.67. The predicted molar refractivity (Wildman–Crippen MR) is 70.5 cm³/mol. The van der Waals surface area contributed by atoms with Crippen molar-refractivity contribution >= 4 is 0 Å². The Hall–Kier alpha value is -1.63. The van der Waals surface area contributed by atoms with Crippen molar-refractivity contribution in [3.63, 3.8) is 0 Å². The first-order valence-corrected chi connectivity index (χ1v) is 6.10. The van der Waals surface area contributed by atoms with Crippen LogP contribution in [-0.2, 0) is 16.0 Å². The number of aromatic nitrogens is 2. The minimum absolute atomic E-state index is 0.249. The number of aryl methyl sites for hydroxylation is 1. The summed E-state index contributed by atoms with van der Waals surface area (Å²) >= 11 is 0.